The fraction of sp³-hybridized carbons (Fsp3) is 0.231. The quantitative estimate of drug-likeness (QED) is 0.840. The fourth-order valence-electron chi connectivity index (χ4n) is 1.48. The normalized spacial score (nSPS) is 12.3. The minimum absolute atomic E-state index is 0.344. The SMILES string of the molecule is N[C@@H](CSCc1cc(-c2ccccc2)no1)C(=O)O. The van der Waals surface area contributed by atoms with Crippen LogP contribution in [-0.4, -0.2) is 28.0 Å². The lowest BCUT2D eigenvalue weighted by atomic mass is 10.1. The summed E-state index contributed by atoms with van der Waals surface area (Å²) in [6, 6.07) is 10.7. The molecule has 0 aliphatic carbocycles. The van der Waals surface area contributed by atoms with Crippen LogP contribution in [-0.2, 0) is 10.5 Å². The van der Waals surface area contributed by atoms with Crippen molar-refractivity contribution < 1.29 is 14.4 Å². The molecule has 0 aliphatic rings. The smallest absolute Gasteiger partial charge is 0.321 e. The van der Waals surface area contributed by atoms with Crippen molar-refractivity contribution in [3.63, 3.8) is 0 Å². The van der Waals surface area contributed by atoms with Crippen LogP contribution in [0.1, 0.15) is 5.76 Å². The van der Waals surface area contributed by atoms with Crippen molar-refractivity contribution in [2.75, 3.05) is 5.75 Å². The molecule has 0 spiro atoms. The molecule has 0 radical (unpaired) electrons. The summed E-state index contributed by atoms with van der Waals surface area (Å²) >= 11 is 1.41. The Morgan fingerprint density at radius 2 is 2.16 bits per heavy atom. The molecular formula is C13H14N2O3S. The molecule has 1 heterocycles. The number of carbonyl (C=O) groups is 1. The Balaban J connectivity index is 1.90. The van der Waals surface area contributed by atoms with Gasteiger partial charge in [0.05, 0.1) is 5.75 Å². The van der Waals surface area contributed by atoms with Crippen LogP contribution < -0.4 is 5.73 Å². The number of rotatable bonds is 6. The van der Waals surface area contributed by atoms with E-state index in [4.69, 9.17) is 15.4 Å². The number of nitrogens with two attached hydrogens (primary N) is 1. The van der Waals surface area contributed by atoms with Crippen LogP contribution in [0.2, 0.25) is 0 Å². The second-order valence-corrected chi connectivity index (χ2v) is 5.03. The lowest BCUT2D eigenvalue weighted by Gasteiger charge is -2.03. The van der Waals surface area contributed by atoms with E-state index >= 15 is 0 Å². The van der Waals surface area contributed by atoms with Gasteiger partial charge in [0.25, 0.3) is 0 Å². The standard InChI is InChI=1S/C13H14N2O3S/c14-11(13(16)17)8-19-7-10-6-12(15-18-10)9-4-2-1-3-5-9/h1-6,11H,7-8,14H2,(H,16,17)/t11-/m0/s1. The van der Waals surface area contributed by atoms with Gasteiger partial charge in [0.15, 0.2) is 0 Å². The van der Waals surface area contributed by atoms with Gasteiger partial charge in [-0.2, -0.15) is 11.8 Å². The second-order valence-electron chi connectivity index (χ2n) is 4.00. The molecule has 0 bridgehead atoms. The highest BCUT2D eigenvalue weighted by atomic mass is 32.2. The summed E-state index contributed by atoms with van der Waals surface area (Å²) in [6.45, 7) is 0. The van der Waals surface area contributed by atoms with Crippen molar-refractivity contribution in [3.8, 4) is 11.3 Å². The van der Waals surface area contributed by atoms with E-state index in [-0.39, 0.29) is 0 Å². The molecule has 1 atom stereocenters. The Bertz CT molecular complexity index is 542. The van der Waals surface area contributed by atoms with Crippen molar-refractivity contribution in [1.29, 1.82) is 0 Å². The summed E-state index contributed by atoms with van der Waals surface area (Å²) in [7, 11) is 0. The number of carboxylic acid groups (broad SMARTS) is 1. The van der Waals surface area contributed by atoms with Gasteiger partial charge < -0.3 is 15.4 Å². The van der Waals surface area contributed by atoms with Crippen molar-refractivity contribution in [2.24, 2.45) is 5.73 Å². The number of nitrogens with zero attached hydrogens (tertiary/aromatic N) is 1. The van der Waals surface area contributed by atoms with Gasteiger partial charge in [0, 0.05) is 17.4 Å². The molecule has 2 aromatic rings. The average molecular weight is 278 g/mol. The molecule has 100 valence electrons. The number of aliphatic carboxylic acids is 1. The van der Waals surface area contributed by atoms with Crippen LogP contribution >= 0.6 is 11.8 Å². The van der Waals surface area contributed by atoms with Gasteiger partial charge in [0.2, 0.25) is 0 Å². The van der Waals surface area contributed by atoms with E-state index in [0.717, 1.165) is 11.3 Å². The van der Waals surface area contributed by atoms with E-state index in [9.17, 15) is 4.79 Å². The zero-order valence-corrected chi connectivity index (χ0v) is 11.0. The minimum Gasteiger partial charge on any atom is -0.480 e. The van der Waals surface area contributed by atoms with Crippen LogP contribution in [0.15, 0.2) is 40.9 Å². The van der Waals surface area contributed by atoms with Crippen LogP contribution in [0.5, 0.6) is 0 Å². The molecular weight excluding hydrogens is 264 g/mol. The minimum atomic E-state index is -0.991. The monoisotopic (exact) mass is 278 g/mol. The first-order chi connectivity index (χ1) is 9.16. The van der Waals surface area contributed by atoms with Crippen LogP contribution in [0.25, 0.3) is 11.3 Å². The van der Waals surface area contributed by atoms with Crippen molar-refractivity contribution in [2.45, 2.75) is 11.8 Å². The van der Waals surface area contributed by atoms with E-state index in [1.807, 2.05) is 36.4 Å². The average Bonchev–Trinajstić information content (AvgIpc) is 2.88. The van der Waals surface area contributed by atoms with Gasteiger partial charge in [-0.3, -0.25) is 4.79 Å². The van der Waals surface area contributed by atoms with E-state index in [2.05, 4.69) is 5.16 Å². The molecule has 0 fully saturated rings. The number of thioether (sulfide) groups is 1. The summed E-state index contributed by atoms with van der Waals surface area (Å²) in [5, 5.41) is 12.6. The highest BCUT2D eigenvalue weighted by Gasteiger charge is 2.12. The number of aromatic nitrogens is 1. The Morgan fingerprint density at radius 1 is 1.42 bits per heavy atom. The third-order valence-corrected chi connectivity index (χ3v) is 3.57. The lowest BCUT2D eigenvalue weighted by Crippen LogP contribution is -2.32. The fourth-order valence-corrected chi connectivity index (χ4v) is 2.34. The van der Waals surface area contributed by atoms with Crippen molar-refractivity contribution in [1.82, 2.24) is 5.16 Å². The molecule has 1 aromatic heterocycles. The number of hydrogen-bond acceptors (Lipinski definition) is 5. The van der Waals surface area contributed by atoms with Gasteiger partial charge in [-0.1, -0.05) is 35.5 Å². The molecule has 19 heavy (non-hydrogen) atoms. The second kappa shape index (κ2) is 6.40. The molecule has 0 saturated heterocycles. The van der Waals surface area contributed by atoms with Gasteiger partial charge >= 0.3 is 5.97 Å². The largest absolute Gasteiger partial charge is 0.480 e. The molecule has 0 amide bonds. The van der Waals surface area contributed by atoms with E-state index < -0.39 is 12.0 Å². The molecule has 0 unspecified atom stereocenters. The topological polar surface area (TPSA) is 89.4 Å². The zero-order chi connectivity index (χ0) is 13.7. The van der Waals surface area contributed by atoms with E-state index in [0.29, 0.717) is 17.3 Å². The van der Waals surface area contributed by atoms with E-state index in [1.54, 1.807) is 0 Å². The molecule has 2 rings (SSSR count). The Labute approximate surface area is 114 Å². The van der Waals surface area contributed by atoms with E-state index in [1.165, 1.54) is 11.8 Å². The first-order valence-corrected chi connectivity index (χ1v) is 6.89. The van der Waals surface area contributed by atoms with Crippen molar-refractivity contribution in [3.05, 3.63) is 42.2 Å². The maximum atomic E-state index is 10.6. The van der Waals surface area contributed by atoms with Crippen LogP contribution in [0.4, 0.5) is 0 Å². The number of hydrogen-bond donors (Lipinski definition) is 2. The summed E-state index contributed by atoms with van der Waals surface area (Å²) < 4.78 is 5.20. The molecule has 0 aliphatic heterocycles. The molecule has 3 N–H and O–H groups in total. The summed E-state index contributed by atoms with van der Waals surface area (Å²) in [4.78, 5) is 10.6. The van der Waals surface area contributed by atoms with Crippen LogP contribution in [0, 0.1) is 0 Å². The van der Waals surface area contributed by atoms with Gasteiger partial charge in [-0.05, 0) is 0 Å². The summed E-state index contributed by atoms with van der Waals surface area (Å²) in [5.41, 5.74) is 7.18. The maximum Gasteiger partial charge on any atom is 0.321 e. The Kier molecular flexibility index (Phi) is 4.59. The van der Waals surface area contributed by atoms with Gasteiger partial charge in [-0.25, -0.2) is 0 Å². The maximum absolute atomic E-state index is 10.6. The Morgan fingerprint density at radius 3 is 2.84 bits per heavy atom. The molecule has 5 nitrogen and oxygen atoms in total. The first kappa shape index (κ1) is 13.6. The summed E-state index contributed by atoms with van der Waals surface area (Å²) in [6.07, 6.45) is 0. The lowest BCUT2D eigenvalue weighted by molar-refractivity contribution is -0.137. The summed E-state index contributed by atoms with van der Waals surface area (Å²) in [5.74, 6) is 0.619. The predicted octanol–water partition coefficient (Wildman–Crippen LogP) is 1.99. The third-order valence-electron chi connectivity index (χ3n) is 2.49. The number of carboxylic acids is 1. The molecule has 0 saturated carbocycles. The Hall–Kier alpha value is -1.79. The third kappa shape index (κ3) is 3.84. The molecule has 6 heteroatoms. The number of benzene rings is 1. The predicted molar refractivity (Wildman–Crippen MR) is 73.7 cm³/mol. The highest BCUT2D eigenvalue weighted by Crippen LogP contribution is 2.21. The van der Waals surface area contributed by atoms with Crippen LogP contribution in [0.3, 0.4) is 0 Å². The van der Waals surface area contributed by atoms with Gasteiger partial charge in [-0.15, -0.1) is 0 Å². The molecule has 1 aromatic carbocycles. The zero-order valence-electron chi connectivity index (χ0n) is 10.2. The highest BCUT2D eigenvalue weighted by molar-refractivity contribution is 7.98. The van der Waals surface area contributed by atoms with Gasteiger partial charge in [0.1, 0.15) is 17.5 Å². The van der Waals surface area contributed by atoms with Crippen molar-refractivity contribution >= 4 is 17.7 Å². The first-order valence-electron chi connectivity index (χ1n) is 5.74.